The summed E-state index contributed by atoms with van der Waals surface area (Å²) in [5.74, 6) is -1.91. The first-order valence-corrected chi connectivity index (χ1v) is 5.57. The van der Waals surface area contributed by atoms with E-state index in [0.29, 0.717) is 0 Å². The van der Waals surface area contributed by atoms with Gasteiger partial charge in [-0.25, -0.2) is 14.0 Å². The minimum Gasteiger partial charge on any atom is -0.461 e. The van der Waals surface area contributed by atoms with E-state index < -0.39 is 41.2 Å². The molecule has 0 amide bonds. The molecule has 4 N–H and O–H groups in total. The highest BCUT2D eigenvalue weighted by molar-refractivity contribution is 5.84. The fourth-order valence-electron chi connectivity index (χ4n) is 2.30. The number of halogens is 1. The molecule has 0 aromatic carbocycles. The summed E-state index contributed by atoms with van der Waals surface area (Å²) in [5.41, 5.74) is 9.02. The van der Waals surface area contributed by atoms with Crippen molar-refractivity contribution in [1.82, 2.24) is 9.55 Å². The summed E-state index contributed by atoms with van der Waals surface area (Å²) < 4.78 is 24.5. The van der Waals surface area contributed by atoms with E-state index in [0.717, 1.165) is 10.8 Å². The number of nitrogens with two attached hydrogens (primary N) is 2. The van der Waals surface area contributed by atoms with E-state index in [2.05, 4.69) is 4.98 Å². The van der Waals surface area contributed by atoms with Gasteiger partial charge in [-0.3, -0.25) is 4.57 Å². The van der Waals surface area contributed by atoms with Crippen molar-refractivity contribution in [3.63, 3.8) is 0 Å². The predicted molar refractivity (Wildman–Crippen MR) is 59.3 cm³/mol. The van der Waals surface area contributed by atoms with Crippen LogP contribution in [0.25, 0.3) is 0 Å². The number of hydrogen-bond donors (Lipinski definition) is 2. The zero-order chi connectivity index (χ0) is 13.8. The first-order chi connectivity index (χ1) is 8.91. The van der Waals surface area contributed by atoms with Gasteiger partial charge in [0, 0.05) is 6.42 Å². The van der Waals surface area contributed by atoms with Crippen molar-refractivity contribution >= 4 is 11.8 Å². The Kier molecular flexibility index (Phi) is 2.38. The van der Waals surface area contributed by atoms with Crippen LogP contribution in [0.3, 0.4) is 0 Å². The average Bonchev–Trinajstić information content (AvgIpc) is 2.81. The first kappa shape index (κ1) is 12.1. The van der Waals surface area contributed by atoms with Gasteiger partial charge in [0.25, 0.3) is 0 Å². The fourth-order valence-corrected chi connectivity index (χ4v) is 2.30. The number of esters is 1. The summed E-state index contributed by atoms with van der Waals surface area (Å²) in [6, 6.07) is 0. The molecule has 9 heteroatoms. The number of hydrogen-bond acceptors (Lipinski definition) is 7. The third-order valence-corrected chi connectivity index (χ3v) is 3.40. The zero-order valence-electron chi connectivity index (χ0n) is 9.71. The van der Waals surface area contributed by atoms with Crippen molar-refractivity contribution in [2.24, 2.45) is 5.73 Å². The smallest absolute Gasteiger partial charge is 0.351 e. The molecule has 2 saturated heterocycles. The second-order valence-electron chi connectivity index (χ2n) is 4.59. The number of carbonyl (C=O) groups is 1. The summed E-state index contributed by atoms with van der Waals surface area (Å²) >= 11 is 0. The Morgan fingerprint density at radius 1 is 1.53 bits per heavy atom. The average molecular weight is 270 g/mol. The van der Waals surface area contributed by atoms with Crippen molar-refractivity contribution in [3.8, 4) is 0 Å². The number of ether oxygens (including phenoxy) is 2. The normalized spacial score (nSPS) is 33.3. The lowest BCUT2D eigenvalue weighted by molar-refractivity contribution is -0.143. The van der Waals surface area contributed by atoms with E-state index in [1.807, 2.05) is 0 Å². The van der Waals surface area contributed by atoms with Gasteiger partial charge >= 0.3 is 11.7 Å². The van der Waals surface area contributed by atoms with Gasteiger partial charge in [-0.05, 0) is 0 Å². The summed E-state index contributed by atoms with van der Waals surface area (Å²) in [4.78, 5) is 26.5. The third kappa shape index (κ3) is 1.62. The highest BCUT2D eigenvalue weighted by atomic mass is 19.1. The van der Waals surface area contributed by atoms with Crippen LogP contribution in [0.4, 0.5) is 10.2 Å². The maximum atomic E-state index is 13.3. The van der Waals surface area contributed by atoms with Crippen LogP contribution in [0.1, 0.15) is 12.6 Å². The van der Waals surface area contributed by atoms with Gasteiger partial charge in [0.1, 0.15) is 24.5 Å². The van der Waals surface area contributed by atoms with Gasteiger partial charge < -0.3 is 20.9 Å². The first-order valence-electron chi connectivity index (χ1n) is 5.57. The quantitative estimate of drug-likeness (QED) is 0.596. The summed E-state index contributed by atoms with van der Waals surface area (Å²) in [6.45, 7) is 0.0193. The van der Waals surface area contributed by atoms with Crippen LogP contribution in [-0.4, -0.2) is 33.8 Å². The van der Waals surface area contributed by atoms with Crippen LogP contribution in [0, 0.1) is 5.82 Å². The second kappa shape index (κ2) is 3.75. The van der Waals surface area contributed by atoms with E-state index in [-0.39, 0.29) is 13.0 Å². The molecular formula is C10H11FN4O4. The summed E-state index contributed by atoms with van der Waals surface area (Å²) in [6.07, 6.45) is -0.609. The van der Waals surface area contributed by atoms with Gasteiger partial charge in [0.2, 0.25) is 0 Å². The number of aromatic nitrogens is 2. The predicted octanol–water partition coefficient (Wildman–Crippen LogP) is -1.49. The molecule has 3 heterocycles. The second-order valence-corrected chi connectivity index (χ2v) is 4.59. The minimum absolute atomic E-state index is 0.0153. The van der Waals surface area contributed by atoms with Crippen LogP contribution >= 0.6 is 0 Å². The molecule has 102 valence electrons. The lowest BCUT2D eigenvalue weighted by Crippen LogP contribution is -2.49. The monoisotopic (exact) mass is 270 g/mol. The highest BCUT2D eigenvalue weighted by Gasteiger charge is 2.57. The van der Waals surface area contributed by atoms with Crippen LogP contribution in [0.15, 0.2) is 11.0 Å². The van der Waals surface area contributed by atoms with Gasteiger partial charge in [-0.1, -0.05) is 0 Å². The Bertz CT molecular complexity index is 618. The molecule has 3 atom stereocenters. The van der Waals surface area contributed by atoms with Crippen LogP contribution in [-0.2, 0) is 14.3 Å². The van der Waals surface area contributed by atoms with E-state index in [4.69, 9.17) is 20.9 Å². The number of carbonyl (C=O) groups excluding carboxylic acids is 1. The van der Waals surface area contributed by atoms with Crippen molar-refractivity contribution in [2.45, 2.75) is 24.3 Å². The molecule has 0 radical (unpaired) electrons. The summed E-state index contributed by atoms with van der Waals surface area (Å²) in [5, 5.41) is 0. The molecule has 1 aromatic rings. The Hall–Kier alpha value is -2.00. The molecule has 8 nitrogen and oxygen atoms in total. The molecule has 2 aliphatic heterocycles. The van der Waals surface area contributed by atoms with E-state index in [1.165, 1.54) is 0 Å². The van der Waals surface area contributed by atoms with Crippen LogP contribution in [0.2, 0.25) is 0 Å². The number of anilines is 1. The van der Waals surface area contributed by atoms with Crippen molar-refractivity contribution in [2.75, 3.05) is 12.3 Å². The van der Waals surface area contributed by atoms with Crippen molar-refractivity contribution < 1.29 is 18.7 Å². The molecule has 0 aliphatic carbocycles. The molecule has 3 rings (SSSR count). The maximum Gasteiger partial charge on any atom is 0.351 e. The number of cyclic esters (lactones) is 1. The zero-order valence-corrected chi connectivity index (χ0v) is 9.71. The Morgan fingerprint density at radius 3 is 2.95 bits per heavy atom. The topological polar surface area (TPSA) is 122 Å². The number of rotatable bonds is 1. The van der Waals surface area contributed by atoms with Gasteiger partial charge in [-0.15, -0.1) is 0 Å². The third-order valence-electron chi connectivity index (χ3n) is 3.40. The standard InChI is InChI=1S/C10H11FN4O4/c11-4-2-15(9(17)14-7(4)12)6-1-10(13)5(19-6)3-18-8(10)16/h2,5-6H,1,3,13H2,(H2,12,14,17)/t5-,6?,10+/m1/s1. The Morgan fingerprint density at radius 2 is 2.26 bits per heavy atom. The molecule has 2 fully saturated rings. The van der Waals surface area contributed by atoms with E-state index in [1.54, 1.807) is 0 Å². The molecular weight excluding hydrogens is 259 g/mol. The molecule has 0 saturated carbocycles. The molecule has 1 aromatic heterocycles. The number of nitrogen functional groups attached to an aromatic ring is 1. The van der Waals surface area contributed by atoms with Gasteiger partial charge in [-0.2, -0.15) is 4.98 Å². The van der Waals surface area contributed by atoms with Crippen molar-refractivity contribution in [1.29, 1.82) is 0 Å². The Balaban J connectivity index is 1.96. The molecule has 19 heavy (non-hydrogen) atoms. The van der Waals surface area contributed by atoms with Crippen LogP contribution in [0.5, 0.6) is 0 Å². The molecule has 0 bridgehead atoms. The largest absolute Gasteiger partial charge is 0.461 e. The SMILES string of the molecule is Nc1nc(=O)n(C2C[C@@]3(N)C(=O)OC[C@H]3O2)cc1F. The minimum atomic E-state index is -1.30. The lowest BCUT2D eigenvalue weighted by Gasteiger charge is -2.15. The van der Waals surface area contributed by atoms with E-state index >= 15 is 0 Å². The number of nitrogens with zero attached hydrogens (tertiary/aromatic N) is 2. The fraction of sp³-hybridized carbons (Fsp3) is 0.500. The lowest BCUT2D eigenvalue weighted by atomic mass is 9.94. The van der Waals surface area contributed by atoms with Crippen molar-refractivity contribution in [3.05, 3.63) is 22.5 Å². The number of fused-ring (bicyclic) bond motifs is 1. The van der Waals surface area contributed by atoms with E-state index in [9.17, 15) is 14.0 Å². The van der Waals surface area contributed by atoms with Gasteiger partial charge in [0.05, 0.1) is 6.20 Å². The maximum absolute atomic E-state index is 13.3. The Labute approximate surface area is 106 Å². The van der Waals surface area contributed by atoms with Crippen LogP contribution < -0.4 is 17.2 Å². The summed E-state index contributed by atoms with van der Waals surface area (Å²) in [7, 11) is 0. The highest BCUT2D eigenvalue weighted by Crippen LogP contribution is 2.39. The molecule has 2 aliphatic rings. The van der Waals surface area contributed by atoms with Gasteiger partial charge in [0.15, 0.2) is 11.6 Å². The molecule has 1 unspecified atom stereocenters. The molecule has 0 spiro atoms.